The van der Waals surface area contributed by atoms with Crippen LogP contribution in [0.5, 0.6) is 0 Å². The minimum atomic E-state index is -0.00518. The Bertz CT molecular complexity index is 508. The maximum Gasteiger partial charge on any atom is 0.188 e. The van der Waals surface area contributed by atoms with Crippen molar-refractivity contribution in [2.75, 3.05) is 13.2 Å². The second-order valence-electron chi connectivity index (χ2n) is 3.47. The molecule has 0 bridgehead atoms. The molecular formula is C13H13NO2. The zero-order valence-corrected chi connectivity index (χ0v) is 9.14. The minimum Gasteiger partial charge on any atom is -0.374 e. The lowest BCUT2D eigenvalue weighted by Crippen LogP contribution is -2.08. The molecule has 0 atom stereocenters. The molecule has 1 aromatic heterocycles. The first-order valence-electron chi connectivity index (χ1n) is 5.27. The van der Waals surface area contributed by atoms with Gasteiger partial charge in [0.2, 0.25) is 0 Å². The fourth-order valence-corrected chi connectivity index (χ4v) is 1.52. The van der Waals surface area contributed by atoms with Crippen molar-refractivity contribution in [2.24, 2.45) is 0 Å². The van der Waals surface area contributed by atoms with Crippen LogP contribution in [0, 0.1) is 0 Å². The fraction of sp³-hybridized carbons (Fsp3) is 0.231. The molecule has 0 spiro atoms. The summed E-state index contributed by atoms with van der Waals surface area (Å²) in [5, 5.41) is 1.04. The van der Waals surface area contributed by atoms with E-state index in [-0.39, 0.29) is 12.4 Å². The Morgan fingerprint density at radius 2 is 2.25 bits per heavy atom. The molecule has 0 N–H and O–H groups in total. The smallest absolute Gasteiger partial charge is 0.188 e. The van der Waals surface area contributed by atoms with Gasteiger partial charge in [-0.05, 0) is 19.1 Å². The number of hydrogen-bond acceptors (Lipinski definition) is 3. The number of hydrogen-bond donors (Lipinski definition) is 0. The number of carbonyl (C=O) groups excluding carboxylic acids is 1. The van der Waals surface area contributed by atoms with Gasteiger partial charge in [0.15, 0.2) is 5.78 Å². The van der Waals surface area contributed by atoms with E-state index >= 15 is 0 Å². The lowest BCUT2D eigenvalue weighted by molar-refractivity contribution is 0.0783. The van der Waals surface area contributed by atoms with Crippen molar-refractivity contribution in [2.45, 2.75) is 6.92 Å². The SMILES string of the molecule is CCOCC(=O)c1ccc2cccnc2c1. The van der Waals surface area contributed by atoms with Crippen molar-refractivity contribution in [3.8, 4) is 0 Å². The van der Waals surface area contributed by atoms with Gasteiger partial charge in [0.1, 0.15) is 6.61 Å². The molecular weight excluding hydrogens is 202 g/mol. The van der Waals surface area contributed by atoms with Gasteiger partial charge in [-0.3, -0.25) is 9.78 Å². The van der Waals surface area contributed by atoms with Gasteiger partial charge in [-0.2, -0.15) is 0 Å². The third-order valence-electron chi connectivity index (χ3n) is 2.37. The van der Waals surface area contributed by atoms with Crippen LogP contribution in [-0.4, -0.2) is 24.0 Å². The van der Waals surface area contributed by atoms with E-state index in [0.717, 1.165) is 10.9 Å². The quantitative estimate of drug-likeness (QED) is 0.735. The lowest BCUT2D eigenvalue weighted by atomic mass is 10.1. The highest BCUT2D eigenvalue weighted by Gasteiger charge is 2.06. The van der Waals surface area contributed by atoms with Crippen molar-refractivity contribution in [1.82, 2.24) is 4.98 Å². The Labute approximate surface area is 94.1 Å². The van der Waals surface area contributed by atoms with Crippen molar-refractivity contribution >= 4 is 16.7 Å². The van der Waals surface area contributed by atoms with Crippen LogP contribution < -0.4 is 0 Å². The normalized spacial score (nSPS) is 10.6. The van der Waals surface area contributed by atoms with Gasteiger partial charge in [0, 0.05) is 23.8 Å². The van der Waals surface area contributed by atoms with Crippen LogP contribution in [0.25, 0.3) is 10.9 Å². The van der Waals surface area contributed by atoms with Crippen molar-refractivity contribution in [3.05, 3.63) is 42.1 Å². The highest BCUT2D eigenvalue weighted by Crippen LogP contribution is 2.13. The number of benzene rings is 1. The predicted octanol–water partition coefficient (Wildman–Crippen LogP) is 2.45. The van der Waals surface area contributed by atoms with E-state index in [2.05, 4.69) is 4.98 Å². The Hall–Kier alpha value is -1.74. The van der Waals surface area contributed by atoms with E-state index in [9.17, 15) is 4.79 Å². The number of fused-ring (bicyclic) bond motifs is 1. The number of ketones is 1. The summed E-state index contributed by atoms with van der Waals surface area (Å²) >= 11 is 0. The van der Waals surface area contributed by atoms with E-state index in [0.29, 0.717) is 12.2 Å². The molecule has 16 heavy (non-hydrogen) atoms. The Morgan fingerprint density at radius 3 is 3.06 bits per heavy atom. The number of nitrogens with zero attached hydrogens (tertiary/aromatic N) is 1. The average Bonchev–Trinajstić information content (AvgIpc) is 2.35. The Balaban J connectivity index is 2.28. The van der Waals surface area contributed by atoms with Crippen LogP contribution in [0.1, 0.15) is 17.3 Å². The summed E-state index contributed by atoms with van der Waals surface area (Å²) in [7, 11) is 0. The molecule has 0 unspecified atom stereocenters. The second-order valence-corrected chi connectivity index (χ2v) is 3.47. The lowest BCUT2D eigenvalue weighted by Gasteiger charge is -2.02. The number of rotatable bonds is 4. The summed E-state index contributed by atoms with van der Waals surface area (Å²) in [6.45, 7) is 2.56. The van der Waals surface area contributed by atoms with Crippen molar-refractivity contribution < 1.29 is 9.53 Å². The molecule has 1 heterocycles. The fourth-order valence-electron chi connectivity index (χ4n) is 1.52. The van der Waals surface area contributed by atoms with Crippen LogP contribution in [0.3, 0.4) is 0 Å². The van der Waals surface area contributed by atoms with E-state index in [1.165, 1.54) is 0 Å². The number of Topliss-reactive ketones (excluding diaryl/α,β-unsaturated/α-hetero) is 1. The first-order valence-corrected chi connectivity index (χ1v) is 5.27. The number of ether oxygens (including phenoxy) is 1. The van der Waals surface area contributed by atoms with Gasteiger partial charge in [0.05, 0.1) is 5.52 Å². The molecule has 0 saturated heterocycles. The van der Waals surface area contributed by atoms with Gasteiger partial charge in [-0.1, -0.05) is 18.2 Å². The van der Waals surface area contributed by atoms with Crippen LogP contribution in [0.4, 0.5) is 0 Å². The van der Waals surface area contributed by atoms with E-state index < -0.39 is 0 Å². The average molecular weight is 215 g/mol. The zero-order valence-electron chi connectivity index (χ0n) is 9.14. The van der Waals surface area contributed by atoms with Crippen LogP contribution in [-0.2, 0) is 4.74 Å². The van der Waals surface area contributed by atoms with E-state index in [1.807, 2.05) is 31.2 Å². The molecule has 3 heteroatoms. The van der Waals surface area contributed by atoms with E-state index in [4.69, 9.17) is 4.74 Å². The molecule has 0 aliphatic heterocycles. The highest BCUT2D eigenvalue weighted by atomic mass is 16.5. The third kappa shape index (κ3) is 2.25. The van der Waals surface area contributed by atoms with Gasteiger partial charge < -0.3 is 4.74 Å². The standard InChI is InChI=1S/C13H13NO2/c1-2-16-9-13(15)11-6-5-10-4-3-7-14-12(10)8-11/h3-8H,2,9H2,1H3. The van der Waals surface area contributed by atoms with E-state index in [1.54, 1.807) is 12.3 Å². The monoisotopic (exact) mass is 215 g/mol. The topological polar surface area (TPSA) is 39.2 Å². The highest BCUT2D eigenvalue weighted by molar-refractivity contribution is 6.00. The van der Waals surface area contributed by atoms with Crippen molar-refractivity contribution in [3.63, 3.8) is 0 Å². The van der Waals surface area contributed by atoms with Gasteiger partial charge >= 0.3 is 0 Å². The molecule has 82 valence electrons. The zero-order chi connectivity index (χ0) is 11.4. The van der Waals surface area contributed by atoms with Gasteiger partial charge in [-0.15, -0.1) is 0 Å². The molecule has 2 aromatic rings. The van der Waals surface area contributed by atoms with Crippen LogP contribution in [0.2, 0.25) is 0 Å². The molecule has 0 radical (unpaired) electrons. The van der Waals surface area contributed by atoms with Gasteiger partial charge in [-0.25, -0.2) is 0 Å². The van der Waals surface area contributed by atoms with Crippen LogP contribution in [0.15, 0.2) is 36.5 Å². The van der Waals surface area contributed by atoms with Crippen LogP contribution >= 0.6 is 0 Å². The first-order chi connectivity index (χ1) is 7.81. The summed E-state index contributed by atoms with van der Waals surface area (Å²) in [5.74, 6) is -0.00518. The summed E-state index contributed by atoms with van der Waals surface area (Å²) in [6, 6.07) is 9.37. The number of carbonyl (C=O) groups is 1. The maximum atomic E-state index is 11.7. The summed E-state index contributed by atoms with van der Waals surface area (Å²) in [6.07, 6.45) is 1.72. The molecule has 0 saturated carbocycles. The third-order valence-corrected chi connectivity index (χ3v) is 2.37. The Kier molecular flexibility index (Phi) is 3.27. The molecule has 0 aliphatic carbocycles. The summed E-state index contributed by atoms with van der Waals surface area (Å²) < 4.78 is 5.09. The summed E-state index contributed by atoms with van der Waals surface area (Å²) in [4.78, 5) is 15.9. The first kappa shape index (κ1) is 10.8. The largest absolute Gasteiger partial charge is 0.374 e. The maximum absolute atomic E-state index is 11.7. The summed E-state index contributed by atoms with van der Waals surface area (Å²) in [5.41, 5.74) is 1.49. The molecule has 2 rings (SSSR count). The van der Waals surface area contributed by atoms with Gasteiger partial charge in [0.25, 0.3) is 0 Å². The number of aromatic nitrogens is 1. The predicted molar refractivity (Wildman–Crippen MR) is 62.6 cm³/mol. The van der Waals surface area contributed by atoms with Crippen molar-refractivity contribution in [1.29, 1.82) is 0 Å². The molecule has 1 aromatic carbocycles. The minimum absolute atomic E-state index is 0.00518. The molecule has 3 nitrogen and oxygen atoms in total. The Morgan fingerprint density at radius 1 is 1.38 bits per heavy atom. The number of pyridine rings is 1. The second kappa shape index (κ2) is 4.86. The molecule has 0 amide bonds. The molecule has 0 aliphatic rings. The molecule has 0 fully saturated rings.